The molecule has 0 spiro atoms. The monoisotopic (exact) mass is 204 g/mol. The lowest BCUT2D eigenvalue weighted by atomic mass is 10.2. The Kier molecular flexibility index (Phi) is 2.97. The summed E-state index contributed by atoms with van der Waals surface area (Å²) in [6.07, 6.45) is 1.76. The van der Waals surface area contributed by atoms with E-state index < -0.39 is 0 Å². The summed E-state index contributed by atoms with van der Waals surface area (Å²) >= 11 is 0. The smallest absolute Gasteiger partial charge is 0.177 e. The molecule has 0 unspecified atom stereocenters. The van der Waals surface area contributed by atoms with Crippen molar-refractivity contribution in [2.45, 2.75) is 20.4 Å². The first kappa shape index (κ1) is 10.1. The van der Waals surface area contributed by atoms with Crippen molar-refractivity contribution in [1.29, 1.82) is 0 Å². The van der Waals surface area contributed by atoms with Crippen LogP contribution in [0.2, 0.25) is 0 Å². The molecule has 4 nitrogen and oxygen atoms in total. The maximum Gasteiger partial charge on any atom is 0.177 e. The zero-order chi connectivity index (χ0) is 10.7. The van der Waals surface area contributed by atoms with Crippen molar-refractivity contribution in [3.8, 4) is 0 Å². The predicted molar refractivity (Wildman–Crippen MR) is 60.4 cm³/mol. The molecular formula is C11H16N4. The molecule has 0 saturated carbocycles. The fourth-order valence-electron chi connectivity index (χ4n) is 1.46. The molecule has 2 aromatic heterocycles. The number of hydrogen-bond donors (Lipinski definition) is 2. The van der Waals surface area contributed by atoms with E-state index in [1.165, 1.54) is 0 Å². The van der Waals surface area contributed by atoms with Crippen LogP contribution in [0.1, 0.15) is 19.7 Å². The molecule has 2 N–H and O–H groups in total. The van der Waals surface area contributed by atoms with Gasteiger partial charge < -0.3 is 10.3 Å². The number of aromatic amines is 1. The lowest BCUT2D eigenvalue weighted by Gasteiger charge is -2.04. The number of imidazole rings is 1. The summed E-state index contributed by atoms with van der Waals surface area (Å²) in [4.78, 5) is 11.8. The highest BCUT2D eigenvalue weighted by molar-refractivity contribution is 5.69. The molecule has 0 atom stereocenters. The summed E-state index contributed by atoms with van der Waals surface area (Å²) in [5, 5.41) is 3.34. The van der Waals surface area contributed by atoms with E-state index in [0.29, 0.717) is 5.92 Å². The molecule has 0 amide bonds. The van der Waals surface area contributed by atoms with Gasteiger partial charge in [-0.05, 0) is 24.6 Å². The van der Waals surface area contributed by atoms with Gasteiger partial charge in [0.15, 0.2) is 5.65 Å². The van der Waals surface area contributed by atoms with Crippen LogP contribution in [0.4, 0.5) is 0 Å². The average molecular weight is 204 g/mol. The third kappa shape index (κ3) is 2.53. The Morgan fingerprint density at radius 2 is 2.33 bits per heavy atom. The highest BCUT2D eigenvalue weighted by Gasteiger charge is 2.02. The first-order valence-corrected chi connectivity index (χ1v) is 5.26. The predicted octanol–water partition coefficient (Wildman–Crippen LogP) is 1.70. The topological polar surface area (TPSA) is 53.6 Å². The highest BCUT2D eigenvalue weighted by Crippen LogP contribution is 2.06. The number of nitrogens with zero attached hydrogens (tertiary/aromatic N) is 2. The number of hydrogen-bond acceptors (Lipinski definition) is 3. The van der Waals surface area contributed by atoms with E-state index in [-0.39, 0.29) is 0 Å². The molecule has 2 heterocycles. The second kappa shape index (κ2) is 4.40. The molecule has 2 aromatic rings. The Labute approximate surface area is 89.1 Å². The van der Waals surface area contributed by atoms with Gasteiger partial charge in [-0.25, -0.2) is 9.97 Å². The molecule has 0 bridgehead atoms. The van der Waals surface area contributed by atoms with Gasteiger partial charge in [0, 0.05) is 6.20 Å². The third-order valence-corrected chi connectivity index (χ3v) is 2.15. The van der Waals surface area contributed by atoms with E-state index in [1.54, 1.807) is 6.20 Å². The molecule has 0 fully saturated rings. The molecule has 0 radical (unpaired) electrons. The Bertz CT molecular complexity index is 400. The van der Waals surface area contributed by atoms with Crippen LogP contribution in [0.3, 0.4) is 0 Å². The lowest BCUT2D eigenvalue weighted by molar-refractivity contribution is 0.545. The van der Waals surface area contributed by atoms with Crippen molar-refractivity contribution in [2.24, 2.45) is 5.92 Å². The van der Waals surface area contributed by atoms with Crippen LogP contribution in [0, 0.1) is 5.92 Å². The van der Waals surface area contributed by atoms with E-state index in [1.807, 2.05) is 12.1 Å². The fraction of sp³-hybridized carbons (Fsp3) is 0.455. The quantitative estimate of drug-likeness (QED) is 0.797. The second-order valence-corrected chi connectivity index (χ2v) is 4.08. The zero-order valence-electron chi connectivity index (χ0n) is 9.12. The van der Waals surface area contributed by atoms with Gasteiger partial charge in [0.1, 0.15) is 5.82 Å². The normalized spacial score (nSPS) is 11.4. The van der Waals surface area contributed by atoms with Gasteiger partial charge in [0.05, 0.1) is 12.1 Å². The van der Waals surface area contributed by atoms with Crippen molar-refractivity contribution in [3.63, 3.8) is 0 Å². The van der Waals surface area contributed by atoms with Gasteiger partial charge in [-0.1, -0.05) is 13.8 Å². The maximum atomic E-state index is 4.38. The van der Waals surface area contributed by atoms with E-state index in [0.717, 1.165) is 30.1 Å². The largest absolute Gasteiger partial charge is 0.340 e. The molecule has 0 aliphatic carbocycles. The Morgan fingerprint density at radius 3 is 3.07 bits per heavy atom. The van der Waals surface area contributed by atoms with Crippen molar-refractivity contribution in [3.05, 3.63) is 24.2 Å². The van der Waals surface area contributed by atoms with Gasteiger partial charge in [-0.2, -0.15) is 0 Å². The van der Waals surface area contributed by atoms with E-state index >= 15 is 0 Å². The first-order valence-electron chi connectivity index (χ1n) is 5.26. The number of H-pyrrole nitrogens is 1. The number of aromatic nitrogens is 3. The Balaban J connectivity index is 2.03. The van der Waals surface area contributed by atoms with Gasteiger partial charge in [-0.15, -0.1) is 0 Å². The zero-order valence-corrected chi connectivity index (χ0v) is 9.12. The Hall–Kier alpha value is -1.42. The molecule has 4 heteroatoms. The fourth-order valence-corrected chi connectivity index (χ4v) is 1.46. The lowest BCUT2D eigenvalue weighted by Crippen LogP contribution is -2.19. The first-order chi connectivity index (χ1) is 7.25. The molecule has 2 rings (SSSR count). The third-order valence-electron chi connectivity index (χ3n) is 2.15. The van der Waals surface area contributed by atoms with Crippen LogP contribution < -0.4 is 5.32 Å². The van der Waals surface area contributed by atoms with Crippen LogP contribution in [0.15, 0.2) is 18.3 Å². The molecular weight excluding hydrogens is 188 g/mol. The number of fused-ring (bicyclic) bond motifs is 1. The minimum atomic E-state index is 0.660. The van der Waals surface area contributed by atoms with Crippen LogP contribution in [-0.2, 0) is 6.54 Å². The number of rotatable bonds is 4. The second-order valence-electron chi connectivity index (χ2n) is 4.08. The van der Waals surface area contributed by atoms with Gasteiger partial charge in [-0.3, -0.25) is 0 Å². The van der Waals surface area contributed by atoms with Gasteiger partial charge in [0.25, 0.3) is 0 Å². The maximum absolute atomic E-state index is 4.38. The highest BCUT2D eigenvalue weighted by atomic mass is 15.0. The standard InChI is InChI=1S/C11H16N4/c1-8(2)6-12-7-10-14-9-4-3-5-13-11(9)15-10/h3-5,8,12H,6-7H2,1-2H3,(H,13,14,15). The Morgan fingerprint density at radius 1 is 1.47 bits per heavy atom. The van der Waals surface area contributed by atoms with Crippen molar-refractivity contribution >= 4 is 11.2 Å². The molecule has 0 aliphatic heterocycles. The summed E-state index contributed by atoms with van der Waals surface area (Å²) in [5.41, 5.74) is 1.79. The molecule has 15 heavy (non-hydrogen) atoms. The van der Waals surface area contributed by atoms with E-state index in [2.05, 4.69) is 34.1 Å². The summed E-state index contributed by atoms with van der Waals surface area (Å²) in [6, 6.07) is 3.90. The van der Waals surface area contributed by atoms with E-state index in [9.17, 15) is 0 Å². The number of pyridine rings is 1. The number of nitrogens with one attached hydrogen (secondary N) is 2. The molecule has 80 valence electrons. The molecule has 0 aromatic carbocycles. The summed E-state index contributed by atoms with van der Waals surface area (Å²) in [6.45, 7) is 6.15. The van der Waals surface area contributed by atoms with Gasteiger partial charge >= 0.3 is 0 Å². The summed E-state index contributed by atoms with van der Waals surface area (Å²) < 4.78 is 0. The van der Waals surface area contributed by atoms with Crippen LogP contribution in [-0.4, -0.2) is 21.5 Å². The summed E-state index contributed by atoms with van der Waals surface area (Å²) in [7, 11) is 0. The van der Waals surface area contributed by atoms with Crippen molar-refractivity contribution < 1.29 is 0 Å². The van der Waals surface area contributed by atoms with E-state index in [4.69, 9.17) is 0 Å². The van der Waals surface area contributed by atoms with Crippen LogP contribution >= 0.6 is 0 Å². The molecule has 0 aliphatic rings. The SMILES string of the molecule is CC(C)CNCc1nc2ncccc2[nH]1. The summed E-state index contributed by atoms with van der Waals surface area (Å²) in [5.74, 6) is 1.61. The molecule has 0 saturated heterocycles. The van der Waals surface area contributed by atoms with Crippen molar-refractivity contribution in [1.82, 2.24) is 20.3 Å². The van der Waals surface area contributed by atoms with Crippen LogP contribution in [0.5, 0.6) is 0 Å². The minimum Gasteiger partial charge on any atom is -0.340 e. The average Bonchev–Trinajstić information content (AvgIpc) is 2.59. The minimum absolute atomic E-state index is 0.660. The van der Waals surface area contributed by atoms with Crippen LogP contribution in [0.25, 0.3) is 11.2 Å². The van der Waals surface area contributed by atoms with Crippen molar-refractivity contribution in [2.75, 3.05) is 6.54 Å². The van der Waals surface area contributed by atoms with Gasteiger partial charge in [0.2, 0.25) is 0 Å².